The van der Waals surface area contributed by atoms with Gasteiger partial charge in [-0.3, -0.25) is 4.57 Å². The van der Waals surface area contributed by atoms with Gasteiger partial charge in [-0.15, -0.1) is 23.4 Å². The first-order valence-corrected chi connectivity index (χ1v) is 12.2. The van der Waals surface area contributed by atoms with E-state index in [1.807, 2.05) is 27.7 Å². The highest BCUT2D eigenvalue weighted by Crippen LogP contribution is 2.72. The number of thioether (sulfide) groups is 1. The highest BCUT2D eigenvalue weighted by atomic mass is 35.5. The molecule has 19 heavy (non-hydrogen) atoms. The van der Waals surface area contributed by atoms with Gasteiger partial charge in [-0.1, -0.05) is 25.2 Å². The van der Waals surface area contributed by atoms with Crippen molar-refractivity contribution in [3.8, 4) is 6.07 Å². The van der Waals surface area contributed by atoms with Crippen LogP contribution < -0.4 is 0 Å². The molecule has 0 aromatic rings. The lowest BCUT2D eigenvalue weighted by Gasteiger charge is -2.27. The average Bonchev–Trinajstić information content (AvgIpc) is 2.36. The van der Waals surface area contributed by atoms with E-state index < -0.39 is 10.5 Å². The van der Waals surface area contributed by atoms with Crippen LogP contribution in [0, 0.1) is 11.3 Å². The predicted molar refractivity (Wildman–Crippen MR) is 91.4 cm³/mol. The number of halogens is 1. The maximum Gasteiger partial charge on any atom is 0.314 e. The molecule has 0 N–H and O–H groups in total. The van der Waals surface area contributed by atoms with Crippen LogP contribution in [0.25, 0.3) is 0 Å². The molecule has 0 rings (SSSR count). The molecular weight excluding hydrogens is 341 g/mol. The van der Waals surface area contributed by atoms with Crippen LogP contribution in [0.3, 0.4) is 0 Å². The summed E-state index contributed by atoms with van der Waals surface area (Å²) < 4.78 is 17.3. The summed E-state index contributed by atoms with van der Waals surface area (Å²) in [6.45, 7) is 8.12. The fraction of sp³-hybridized carbons (Fsp3) is 0.909. The molecule has 0 aromatic heterocycles. The van der Waals surface area contributed by atoms with Crippen molar-refractivity contribution < 1.29 is 9.09 Å². The van der Waals surface area contributed by atoms with E-state index in [1.165, 1.54) is 34.5 Å². The van der Waals surface area contributed by atoms with Crippen molar-refractivity contribution >= 4 is 51.9 Å². The second-order valence-corrected chi connectivity index (χ2v) is 13.8. The summed E-state index contributed by atoms with van der Waals surface area (Å²) in [6, 6.07) is 2.28. The van der Waals surface area contributed by atoms with E-state index in [4.69, 9.17) is 16.1 Å². The van der Waals surface area contributed by atoms with Crippen molar-refractivity contribution in [1.29, 1.82) is 5.26 Å². The maximum absolute atomic E-state index is 12.5. The normalized spacial score (nSPS) is 19.2. The Morgan fingerprint density at radius 2 is 2.11 bits per heavy atom. The summed E-state index contributed by atoms with van der Waals surface area (Å²) in [5.41, 5.74) is 0. The van der Waals surface area contributed by atoms with Gasteiger partial charge >= 0.3 is 5.77 Å². The maximum atomic E-state index is 12.5. The van der Waals surface area contributed by atoms with E-state index in [0.29, 0.717) is 13.0 Å². The van der Waals surface area contributed by atoms with Crippen LogP contribution in [-0.4, -0.2) is 27.6 Å². The van der Waals surface area contributed by atoms with Gasteiger partial charge in [-0.25, -0.2) is 0 Å². The third-order valence-electron chi connectivity index (χ3n) is 2.23. The molecule has 0 heterocycles. The van der Waals surface area contributed by atoms with Gasteiger partial charge in [0.05, 0.1) is 23.1 Å². The van der Waals surface area contributed by atoms with Gasteiger partial charge in [-0.2, -0.15) is 5.26 Å². The van der Waals surface area contributed by atoms with Gasteiger partial charge in [0.15, 0.2) is 0 Å². The molecular formula is C11H21ClNO2PS3. The summed E-state index contributed by atoms with van der Waals surface area (Å²) in [4.78, 5) is 0. The molecule has 3 nitrogen and oxygen atoms in total. The second kappa shape index (κ2) is 9.87. The first-order chi connectivity index (χ1) is 8.90. The molecule has 0 bridgehead atoms. The van der Waals surface area contributed by atoms with E-state index >= 15 is 0 Å². The Morgan fingerprint density at radius 1 is 1.47 bits per heavy atom. The predicted octanol–water partition coefficient (Wildman–Crippen LogP) is 5.61. The van der Waals surface area contributed by atoms with Crippen LogP contribution in [0.1, 0.15) is 34.1 Å². The minimum atomic E-state index is -2.73. The Hall–Kier alpha value is 1.02. The van der Waals surface area contributed by atoms with Crippen LogP contribution in [-0.2, 0) is 9.09 Å². The Kier molecular flexibility index (Phi) is 10.4. The number of nitrogens with zero attached hydrogens (tertiary/aromatic N) is 1. The molecule has 0 aliphatic carbocycles. The summed E-state index contributed by atoms with van der Waals surface area (Å²) in [6.07, 6.45) is 0.669. The molecule has 0 aromatic carbocycles. The largest absolute Gasteiger partial charge is 0.314 e. The number of alkyl halides is 1. The van der Waals surface area contributed by atoms with Crippen LogP contribution in [0.15, 0.2) is 0 Å². The molecule has 0 aliphatic rings. The average molecular weight is 362 g/mol. The number of hydrogen-bond donors (Lipinski definition) is 0. The van der Waals surface area contributed by atoms with Crippen molar-refractivity contribution in [2.45, 2.75) is 43.4 Å². The van der Waals surface area contributed by atoms with Gasteiger partial charge in [0.2, 0.25) is 0 Å². The first-order valence-electron chi connectivity index (χ1n) is 6.13. The third kappa shape index (κ3) is 7.02. The van der Waals surface area contributed by atoms with Crippen molar-refractivity contribution in [3.05, 3.63) is 0 Å². The molecule has 0 saturated carbocycles. The minimum Gasteiger partial charge on any atom is -0.314 e. The molecule has 0 fully saturated rings. The van der Waals surface area contributed by atoms with E-state index in [9.17, 15) is 9.83 Å². The molecule has 0 saturated heterocycles. The van der Waals surface area contributed by atoms with Gasteiger partial charge in [-0.05, 0) is 31.7 Å². The van der Waals surface area contributed by atoms with Crippen molar-refractivity contribution in [1.82, 2.24) is 0 Å². The first kappa shape index (κ1) is 20.0. The highest BCUT2D eigenvalue weighted by molar-refractivity contribution is 8.90. The summed E-state index contributed by atoms with van der Waals surface area (Å²) >= 11 is 10.0. The minimum absolute atomic E-state index is 0.00483. The fourth-order valence-electron chi connectivity index (χ4n) is 1.28. The fourth-order valence-corrected chi connectivity index (χ4v) is 12.4. The monoisotopic (exact) mass is 361 g/mol. The Balaban J connectivity index is 4.70. The van der Waals surface area contributed by atoms with Crippen LogP contribution in [0.5, 0.6) is 0 Å². The molecule has 0 aliphatic heterocycles. The Bertz CT molecular complexity index is 337. The Labute approximate surface area is 133 Å². The zero-order valence-corrected chi connectivity index (χ0v) is 15.8. The smallest absolute Gasteiger partial charge is 0.314 e. The van der Waals surface area contributed by atoms with Crippen LogP contribution in [0.2, 0.25) is 0 Å². The summed E-state index contributed by atoms with van der Waals surface area (Å²) in [7, 11) is 0. The number of hydrogen-bond acceptors (Lipinski definition) is 6. The van der Waals surface area contributed by atoms with Gasteiger partial charge in [0.25, 0.3) is 0 Å². The number of nitriles is 1. The second-order valence-electron chi connectivity index (χ2n) is 3.67. The summed E-state index contributed by atoms with van der Waals surface area (Å²) in [5, 5.41) is 9.26. The molecule has 112 valence electrons. The lowest BCUT2D eigenvalue weighted by atomic mass is 10.1. The summed E-state index contributed by atoms with van der Waals surface area (Å²) in [5.74, 6) is -1.72. The topological polar surface area (TPSA) is 50.1 Å². The molecule has 0 radical (unpaired) electrons. The zero-order valence-electron chi connectivity index (χ0n) is 11.7. The molecule has 8 heteroatoms. The van der Waals surface area contributed by atoms with Gasteiger partial charge < -0.3 is 4.52 Å². The van der Waals surface area contributed by atoms with Crippen molar-refractivity contribution in [3.63, 3.8) is 0 Å². The van der Waals surface area contributed by atoms with Crippen LogP contribution >= 0.6 is 51.9 Å². The van der Waals surface area contributed by atoms with Crippen molar-refractivity contribution in [2.24, 2.45) is 0 Å². The molecule has 3 atom stereocenters. The van der Waals surface area contributed by atoms with E-state index in [2.05, 4.69) is 6.07 Å². The molecule has 3 unspecified atom stereocenters. The quantitative estimate of drug-likeness (QED) is 0.286. The SMILES string of the molecule is CCOP(=O)(SCC)SC(C)SC(C#N)(CC)CCl. The van der Waals surface area contributed by atoms with Gasteiger partial charge in [0.1, 0.15) is 4.75 Å². The lowest BCUT2D eigenvalue weighted by Crippen LogP contribution is -2.25. The third-order valence-corrected chi connectivity index (χ3v) is 12.7. The zero-order chi connectivity index (χ0) is 14.9. The molecule has 0 amide bonds. The lowest BCUT2D eigenvalue weighted by molar-refractivity contribution is 0.357. The van der Waals surface area contributed by atoms with E-state index in [-0.39, 0.29) is 10.5 Å². The Morgan fingerprint density at radius 3 is 2.47 bits per heavy atom. The standard InChI is InChI=1S/C11H21ClNO2PS3/c1-5-11(8-12,9-13)18-10(4)19-16(14,15-6-2)17-7-3/h10H,5-8H2,1-4H3. The molecule has 0 spiro atoms. The van der Waals surface area contributed by atoms with E-state index in [0.717, 1.165) is 5.75 Å². The van der Waals surface area contributed by atoms with Crippen LogP contribution in [0.4, 0.5) is 0 Å². The van der Waals surface area contributed by atoms with Crippen molar-refractivity contribution in [2.75, 3.05) is 18.2 Å². The number of rotatable bonds is 10. The van der Waals surface area contributed by atoms with Gasteiger partial charge in [0, 0.05) is 5.75 Å². The highest BCUT2D eigenvalue weighted by Gasteiger charge is 2.34. The van der Waals surface area contributed by atoms with E-state index in [1.54, 1.807) is 0 Å².